The number of carboxylic acids is 3. The van der Waals surface area contributed by atoms with Crippen molar-refractivity contribution in [3.05, 3.63) is 0 Å². The molecule has 0 atom stereocenters. The average Bonchev–Trinajstić information content (AvgIpc) is 2.14. The van der Waals surface area contributed by atoms with E-state index < -0.39 is 34.2 Å². The molecule has 0 saturated heterocycles. The third kappa shape index (κ3) is 21.3. The molecule has 0 aromatic rings. The molecule has 0 aromatic carbocycles. The fourth-order valence-corrected chi connectivity index (χ4v) is 0. The summed E-state index contributed by atoms with van der Waals surface area (Å²) in [5.41, 5.74) is -2.08. The first-order chi connectivity index (χ1) is 8.83. The Morgan fingerprint density at radius 1 is 0.500 bits per heavy atom. The SMILES string of the molecule is CC(C)(C)C(=O)[O-].CC(C)(C)C(=O)[O-].CC(C)(C)C(=O)[O-].[V+3]. The molecule has 0 spiro atoms. The first-order valence-corrected chi connectivity index (χ1v) is 6.47. The molecule has 128 valence electrons. The molecule has 0 aliphatic rings. The summed E-state index contributed by atoms with van der Waals surface area (Å²) in [5, 5.41) is 29.7. The van der Waals surface area contributed by atoms with Gasteiger partial charge in [-0.05, 0) is 0 Å². The maximum absolute atomic E-state index is 9.91. The van der Waals surface area contributed by atoms with Gasteiger partial charge in [-0.1, -0.05) is 62.3 Å². The van der Waals surface area contributed by atoms with Gasteiger partial charge in [0.1, 0.15) is 0 Å². The molecule has 0 rings (SSSR count). The summed E-state index contributed by atoms with van der Waals surface area (Å²) in [4.78, 5) is 29.7. The van der Waals surface area contributed by atoms with Crippen LogP contribution >= 0.6 is 0 Å². The van der Waals surface area contributed by atoms with Crippen molar-refractivity contribution in [1.82, 2.24) is 0 Å². The molecule has 7 heteroatoms. The molecule has 0 bridgehead atoms. The van der Waals surface area contributed by atoms with Crippen molar-refractivity contribution < 1.29 is 48.3 Å². The van der Waals surface area contributed by atoms with Crippen LogP contribution in [0.3, 0.4) is 0 Å². The molecule has 0 saturated carbocycles. The molecular weight excluding hydrogens is 327 g/mol. The smallest absolute Gasteiger partial charge is 0.550 e. The van der Waals surface area contributed by atoms with Crippen LogP contribution in [0.4, 0.5) is 0 Å². The fraction of sp³-hybridized carbons (Fsp3) is 0.800. The van der Waals surface area contributed by atoms with Gasteiger partial charge >= 0.3 is 18.6 Å². The van der Waals surface area contributed by atoms with Crippen molar-refractivity contribution in [3.8, 4) is 0 Å². The zero-order valence-corrected chi connectivity index (χ0v) is 16.3. The number of carbonyl (C=O) groups excluding carboxylic acids is 3. The minimum absolute atomic E-state index is 0. The Bertz CT molecular complexity index is 299. The molecule has 0 heterocycles. The fourth-order valence-electron chi connectivity index (χ4n) is 0. The Morgan fingerprint density at radius 2 is 0.545 bits per heavy atom. The monoisotopic (exact) mass is 354 g/mol. The maximum Gasteiger partial charge on any atom is 3.00 e. The van der Waals surface area contributed by atoms with Gasteiger partial charge in [0.25, 0.3) is 0 Å². The largest absolute Gasteiger partial charge is 3.00 e. The number of carboxylic acid groups (broad SMARTS) is 3. The normalized spacial score (nSPS) is 10.8. The Labute approximate surface area is 145 Å². The summed E-state index contributed by atoms with van der Waals surface area (Å²) in [7, 11) is 0. The molecule has 0 N–H and O–H groups in total. The zero-order chi connectivity index (χ0) is 18.2. The molecule has 6 nitrogen and oxygen atoms in total. The van der Waals surface area contributed by atoms with Gasteiger partial charge in [-0.15, -0.1) is 0 Å². The van der Waals surface area contributed by atoms with E-state index in [1.807, 2.05) is 0 Å². The first-order valence-electron chi connectivity index (χ1n) is 6.47. The molecule has 0 amide bonds. The molecule has 0 radical (unpaired) electrons. The molecule has 22 heavy (non-hydrogen) atoms. The molecule has 0 aliphatic carbocycles. The summed E-state index contributed by atoms with van der Waals surface area (Å²) in [6.07, 6.45) is 0. The first kappa shape index (κ1) is 29.1. The van der Waals surface area contributed by atoms with Gasteiger partial charge in [-0.3, -0.25) is 0 Å². The van der Waals surface area contributed by atoms with Crippen LogP contribution in [0, 0.1) is 16.2 Å². The van der Waals surface area contributed by atoms with Crippen molar-refractivity contribution in [3.63, 3.8) is 0 Å². The number of hydrogen-bond acceptors (Lipinski definition) is 6. The average molecular weight is 354 g/mol. The number of hydrogen-bond donors (Lipinski definition) is 0. The van der Waals surface area contributed by atoms with Crippen LogP contribution in [0.25, 0.3) is 0 Å². The molecule has 0 aliphatic heterocycles. The van der Waals surface area contributed by atoms with E-state index in [9.17, 15) is 29.7 Å². The van der Waals surface area contributed by atoms with Crippen molar-refractivity contribution in [1.29, 1.82) is 0 Å². The van der Waals surface area contributed by atoms with E-state index in [1.165, 1.54) is 0 Å². The zero-order valence-electron chi connectivity index (χ0n) is 14.9. The molecule has 0 fully saturated rings. The maximum atomic E-state index is 9.91. The predicted molar refractivity (Wildman–Crippen MR) is 73.4 cm³/mol. The van der Waals surface area contributed by atoms with E-state index in [0.29, 0.717) is 0 Å². The Hall–Kier alpha value is -1.01. The molecule has 0 aromatic heterocycles. The molecule has 0 unspecified atom stereocenters. The van der Waals surface area contributed by atoms with Gasteiger partial charge in [0.15, 0.2) is 0 Å². The number of rotatable bonds is 0. The summed E-state index contributed by atoms with van der Waals surface area (Å²) in [5.74, 6) is -3.02. The van der Waals surface area contributed by atoms with Crippen LogP contribution in [0.5, 0.6) is 0 Å². The van der Waals surface area contributed by atoms with E-state index in [2.05, 4.69) is 0 Å². The van der Waals surface area contributed by atoms with Gasteiger partial charge in [0.05, 0.1) is 0 Å². The van der Waals surface area contributed by atoms with E-state index in [-0.39, 0.29) is 18.6 Å². The van der Waals surface area contributed by atoms with Gasteiger partial charge in [-0.2, -0.15) is 0 Å². The minimum atomic E-state index is -1.01. The van der Waals surface area contributed by atoms with Crippen molar-refractivity contribution in [2.24, 2.45) is 16.2 Å². The second kappa shape index (κ2) is 10.7. The summed E-state index contributed by atoms with van der Waals surface area (Å²) >= 11 is 0. The standard InChI is InChI=1S/3C5H10O2.V/c3*1-5(2,3)4(6)7;/h3*1-3H3,(H,6,7);/q;;;+3/p-3. The van der Waals surface area contributed by atoms with Crippen LogP contribution in [0.1, 0.15) is 62.3 Å². The van der Waals surface area contributed by atoms with Crippen molar-refractivity contribution in [2.45, 2.75) is 62.3 Å². The summed E-state index contributed by atoms with van der Waals surface area (Å²) < 4.78 is 0. The molecular formula is C15H27O6V. The van der Waals surface area contributed by atoms with Crippen LogP contribution in [0.15, 0.2) is 0 Å². The Morgan fingerprint density at radius 3 is 0.545 bits per heavy atom. The van der Waals surface area contributed by atoms with Crippen molar-refractivity contribution >= 4 is 17.9 Å². The second-order valence-electron chi connectivity index (χ2n) is 7.61. The third-order valence-corrected chi connectivity index (χ3v) is 1.84. The number of aliphatic carboxylic acids is 3. The Balaban J connectivity index is -0.000000108. The van der Waals surface area contributed by atoms with Crippen LogP contribution in [-0.2, 0) is 32.9 Å². The predicted octanol–water partition coefficient (Wildman–Crippen LogP) is -0.655. The topological polar surface area (TPSA) is 120 Å². The van der Waals surface area contributed by atoms with Gasteiger partial charge < -0.3 is 29.7 Å². The van der Waals surface area contributed by atoms with E-state index in [0.717, 1.165) is 0 Å². The van der Waals surface area contributed by atoms with Gasteiger partial charge in [0, 0.05) is 34.2 Å². The Kier molecular flexibility index (Phi) is 14.1. The second-order valence-corrected chi connectivity index (χ2v) is 7.61. The van der Waals surface area contributed by atoms with E-state index >= 15 is 0 Å². The van der Waals surface area contributed by atoms with Gasteiger partial charge in [-0.25, -0.2) is 0 Å². The van der Waals surface area contributed by atoms with Gasteiger partial charge in [0.2, 0.25) is 0 Å². The van der Waals surface area contributed by atoms with E-state index in [1.54, 1.807) is 62.3 Å². The summed E-state index contributed by atoms with van der Waals surface area (Å²) in [6.45, 7) is 14.4. The van der Waals surface area contributed by atoms with Crippen LogP contribution in [0.2, 0.25) is 0 Å². The van der Waals surface area contributed by atoms with E-state index in [4.69, 9.17) is 0 Å². The van der Waals surface area contributed by atoms with Crippen molar-refractivity contribution in [2.75, 3.05) is 0 Å². The van der Waals surface area contributed by atoms with Crippen LogP contribution in [-0.4, -0.2) is 17.9 Å². The van der Waals surface area contributed by atoms with Crippen LogP contribution < -0.4 is 15.3 Å². The summed E-state index contributed by atoms with van der Waals surface area (Å²) in [6, 6.07) is 0. The quantitative estimate of drug-likeness (QED) is 0.570. The third-order valence-electron chi connectivity index (χ3n) is 1.84. The number of carbonyl (C=O) groups is 3. The minimum Gasteiger partial charge on any atom is -0.550 e.